The van der Waals surface area contributed by atoms with Gasteiger partial charge in [0.25, 0.3) is 0 Å². The van der Waals surface area contributed by atoms with Gasteiger partial charge in [-0.05, 0) is 219 Å². The Bertz CT molecular complexity index is 1490. The molecule has 11 fully saturated rings. The summed E-state index contributed by atoms with van der Waals surface area (Å²) in [4.78, 5) is 23.7. The molecule has 0 amide bonds. The average molecular weight is 973 g/mol. The van der Waals surface area contributed by atoms with E-state index in [4.69, 9.17) is 0 Å². The lowest BCUT2D eigenvalue weighted by Gasteiger charge is -2.59. The second kappa shape index (κ2) is 23.7. The molecule has 9 heteroatoms. The van der Waals surface area contributed by atoms with Crippen LogP contribution in [0.25, 0.3) is 0 Å². The average Bonchev–Trinajstić information content (AvgIpc) is 3.80. The number of rotatable bonds is 0. The molecule has 11 rings (SSSR count). The summed E-state index contributed by atoms with van der Waals surface area (Å²) in [5.41, 5.74) is 2.81. The first-order valence-corrected chi connectivity index (χ1v) is 27.9. The summed E-state index contributed by atoms with van der Waals surface area (Å²) in [6.07, 6.45) is 14.4. The van der Waals surface area contributed by atoms with E-state index in [2.05, 4.69) is 183 Å². The number of nitrogens with zero attached hydrogens (tertiary/aromatic N) is 9. The van der Waals surface area contributed by atoms with Gasteiger partial charge in [-0.1, -0.05) is 36.1 Å². The predicted molar refractivity (Wildman–Crippen MR) is 305 cm³/mol. The zero-order chi connectivity index (χ0) is 49.0. The van der Waals surface area contributed by atoms with Crippen LogP contribution in [0, 0.1) is 16.7 Å². The van der Waals surface area contributed by atoms with Gasteiger partial charge >= 0.3 is 0 Å². The summed E-state index contributed by atoms with van der Waals surface area (Å²) in [7, 11) is 6.83. The zero-order valence-electron chi connectivity index (χ0n) is 47.8. The van der Waals surface area contributed by atoms with Crippen molar-refractivity contribution < 1.29 is 0 Å². The Morgan fingerprint density at radius 1 is 0.377 bits per heavy atom. The van der Waals surface area contributed by atoms with E-state index in [-0.39, 0.29) is 22.3 Å². The topological polar surface area (TPSA) is 29.2 Å². The number of likely N-dealkylation sites (N-methyl/N-ethyl adjacent to an activating group) is 2. The van der Waals surface area contributed by atoms with Crippen LogP contribution in [0.4, 0.5) is 0 Å². The Labute approximate surface area is 433 Å². The fourth-order valence-corrected chi connectivity index (χ4v) is 15.2. The Kier molecular flexibility index (Phi) is 21.6. The Balaban J connectivity index is 0.000000227. The number of fused-ring (bicyclic) bond motifs is 12. The van der Waals surface area contributed by atoms with Crippen molar-refractivity contribution in [3.8, 4) is 0 Å². The molecule has 69 heavy (non-hydrogen) atoms. The van der Waals surface area contributed by atoms with Gasteiger partial charge in [0.2, 0.25) is 0 Å². The van der Waals surface area contributed by atoms with Crippen molar-refractivity contribution in [3.05, 3.63) is 0 Å². The van der Waals surface area contributed by atoms with E-state index in [9.17, 15) is 0 Å². The minimum Gasteiger partial charge on any atom is -0.305 e. The summed E-state index contributed by atoms with van der Waals surface area (Å²) < 4.78 is 0. The van der Waals surface area contributed by atoms with Gasteiger partial charge in [0, 0.05) is 136 Å². The van der Waals surface area contributed by atoms with Crippen molar-refractivity contribution in [2.24, 2.45) is 16.7 Å². The molecule has 10 saturated heterocycles. The first-order valence-electron chi connectivity index (χ1n) is 27.9. The number of hydrogen-bond donors (Lipinski definition) is 0. The van der Waals surface area contributed by atoms with Crippen LogP contribution in [0.1, 0.15) is 204 Å². The third-order valence-electron chi connectivity index (χ3n) is 18.5. The van der Waals surface area contributed by atoms with Crippen molar-refractivity contribution in [2.45, 2.75) is 268 Å². The highest BCUT2D eigenvalue weighted by Gasteiger charge is 2.50. The maximum Gasteiger partial charge on any atom is 0.0244 e. The third kappa shape index (κ3) is 16.3. The monoisotopic (exact) mass is 972 g/mol. The van der Waals surface area contributed by atoms with Crippen molar-refractivity contribution in [1.29, 1.82) is 0 Å². The summed E-state index contributed by atoms with van der Waals surface area (Å²) in [5.74, 6) is 1.06. The van der Waals surface area contributed by atoms with E-state index >= 15 is 0 Å². The van der Waals surface area contributed by atoms with Crippen LogP contribution >= 0.6 is 0 Å². The number of hydrogen-bond acceptors (Lipinski definition) is 9. The van der Waals surface area contributed by atoms with Gasteiger partial charge < -0.3 is 14.7 Å². The largest absolute Gasteiger partial charge is 0.305 e. The normalized spacial score (nSPS) is 36.7. The lowest BCUT2D eigenvalue weighted by atomic mass is 9.65. The molecule has 0 aromatic rings. The lowest BCUT2D eigenvalue weighted by Crippen LogP contribution is -2.64. The first kappa shape index (κ1) is 62.9. The second-order valence-electron chi connectivity index (χ2n) is 29.9. The molecule has 410 valence electrons. The molecule has 1 saturated carbocycles. The quantitative estimate of drug-likeness (QED) is 0.235. The molecule has 1 aliphatic carbocycles. The van der Waals surface area contributed by atoms with E-state index in [0.29, 0.717) is 38.5 Å². The number of piperidine rings is 2. The van der Waals surface area contributed by atoms with E-state index in [1.165, 1.54) is 149 Å². The van der Waals surface area contributed by atoms with Crippen LogP contribution < -0.4 is 0 Å². The van der Waals surface area contributed by atoms with Crippen LogP contribution in [0.5, 0.6) is 0 Å². The minimum atomic E-state index is 0. The molecule has 0 N–H and O–H groups in total. The molecule has 9 nitrogen and oxygen atoms in total. The highest BCUT2D eigenvalue weighted by atomic mass is 15.4. The first-order chi connectivity index (χ1) is 30.2. The Morgan fingerprint density at radius 2 is 0.855 bits per heavy atom. The smallest absolute Gasteiger partial charge is 0.0244 e. The molecular formula is C60H125N9. The van der Waals surface area contributed by atoms with Crippen molar-refractivity contribution >= 4 is 0 Å². The van der Waals surface area contributed by atoms with E-state index in [0.717, 1.165) is 42.2 Å². The fourth-order valence-electron chi connectivity index (χ4n) is 15.2. The standard InChI is InChI=1S/C14H28N2.C12H23N.C11H22N2.2C10H20N2.3CH4/c1-12(2,3)16-10-13(4)7-14(5,11-16)9-15(6)8-13;1-12(2,3)13-9-8-10-4-6-11(13)7-5-10;1-11(2,3)13-7-9-5-6-10(8-13)12(9)4;1-10(2,3)12-7-8-5-9(12)6-11(8)4;1-10(2,3)12-7-6-11-5-4-9(12)8-11;;;/h7-11H2,1-6H3;10-11H,4-9H2,1-3H3;9-10H,5-8H2,1-4H3;8-9H,5-7H2,1-4H3;9H,4-8H2,1-3H3;3*1H4. The summed E-state index contributed by atoms with van der Waals surface area (Å²) in [5, 5.41) is 0. The maximum atomic E-state index is 2.75. The van der Waals surface area contributed by atoms with Gasteiger partial charge in [0.05, 0.1) is 0 Å². The van der Waals surface area contributed by atoms with Crippen LogP contribution in [0.3, 0.4) is 0 Å². The van der Waals surface area contributed by atoms with Gasteiger partial charge in [-0.25, -0.2) is 0 Å². The predicted octanol–water partition coefficient (Wildman–Crippen LogP) is 11.3. The van der Waals surface area contributed by atoms with Crippen LogP contribution in [-0.4, -0.2) is 214 Å². The second-order valence-corrected chi connectivity index (χ2v) is 29.9. The van der Waals surface area contributed by atoms with E-state index in [1.54, 1.807) is 0 Å². The molecule has 11 aliphatic rings. The fraction of sp³-hybridized carbons (Fsp3) is 1.00. The van der Waals surface area contributed by atoms with Gasteiger partial charge in [0.1, 0.15) is 0 Å². The summed E-state index contributed by atoms with van der Waals surface area (Å²) >= 11 is 0. The number of piperazine rings is 3. The summed E-state index contributed by atoms with van der Waals surface area (Å²) in [6.45, 7) is 56.8. The van der Waals surface area contributed by atoms with E-state index in [1.807, 2.05) is 0 Å². The third-order valence-corrected chi connectivity index (χ3v) is 18.5. The van der Waals surface area contributed by atoms with Gasteiger partial charge in [-0.2, -0.15) is 0 Å². The number of likely N-dealkylation sites (tertiary alicyclic amines) is 5. The van der Waals surface area contributed by atoms with Crippen molar-refractivity contribution in [1.82, 2.24) is 44.1 Å². The molecule has 0 aromatic carbocycles. The maximum absolute atomic E-state index is 2.75. The highest BCUT2D eigenvalue weighted by molar-refractivity contribution is 5.04. The SMILES string of the molecule is C.C.C.CC(C)(C)N1CCC2CCC1CC2.CC(C)(C)N1CCN2CCC1C2.CN1C2CCC1CN(C(C)(C)C)C2.CN1CC2(C)CN(C(C)(C)C)CC(C)(C1)C2.CN1CC2CC1CN2C(C)(C)C. The lowest BCUT2D eigenvalue weighted by molar-refractivity contribution is -0.0930. The molecular weight excluding hydrogens is 847 g/mol. The molecule has 0 aromatic heterocycles. The molecule has 10 aliphatic heterocycles. The minimum absolute atomic E-state index is 0. The van der Waals surface area contributed by atoms with Crippen molar-refractivity contribution in [3.63, 3.8) is 0 Å². The highest BCUT2D eigenvalue weighted by Crippen LogP contribution is 2.47. The van der Waals surface area contributed by atoms with Gasteiger partial charge in [-0.15, -0.1) is 0 Å². The zero-order valence-corrected chi connectivity index (χ0v) is 47.8. The van der Waals surface area contributed by atoms with Gasteiger partial charge in [-0.3, -0.25) is 29.4 Å². The van der Waals surface area contributed by atoms with Crippen molar-refractivity contribution in [2.75, 3.05) is 106 Å². The molecule has 8 unspecified atom stereocenters. The van der Waals surface area contributed by atoms with Crippen LogP contribution in [0.2, 0.25) is 0 Å². The Morgan fingerprint density at radius 3 is 1.29 bits per heavy atom. The molecule has 10 bridgehead atoms. The molecule has 0 spiro atoms. The van der Waals surface area contributed by atoms with Crippen LogP contribution in [0.15, 0.2) is 0 Å². The van der Waals surface area contributed by atoms with E-state index < -0.39 is 0 Å². The molecule has 8 atom stereocenters. The molecule has 10 heterocycles. The van der Waals surface area contributed by atoms with Gasteiger partial charge in [0.15, 0.2) is 0 Å². The van der Waals surface area contributed by atoms with Crippen LogP contribution in [-0.2, 0) is 0 Å². The molecule has 0 radical (unpaired) electrons. The Hall–Kier alpha value is -0.360. The summed E-state index contributed by atoms with van der Waals surface area (Å²) in [6, 6.07) is 5.09.